The minimum Gasteiger partial charge on any atom is -0.271 e. The maximum atomic E-state index is 5.98. The van der Waals surface area contributed by atoms with Gasteiger partial charge in [0.2, 0.25) is 0 Å². The van der Waals surface area contributed by atoms with Gasteiger partial charge in [-0.05, 0) is 43.5 Å². The minimum absolute atomic E-state index is 0.0443. The van der Waals surface area contributed by atoms with E-state index in [0.717, 1.165) is 16.5 Å². The molecule has 20 heavy (non-hydrogen) atoms. The van der Waals surface area contributed by atoms with E-state index in [1.54, 1.807) is 0 Å². The first-order valence-electron chi connectivity index (χ1n) is 6.48. The predicted octanol–water partition coefficient (Wildman–Crippen LogP) is 4.47. The molecule has 0 aromatic heterocycles. The molecular weight excluding hydrogens is 336 g/mol. The number of hydrogen-bond acceptors (Lipinski definition) is 2. The third kappa shape index (κ3) is 3.83. The van der Waals surface area contributed by atoms with E-state index in [9.17, 15) is 0 Å². The van der Waals surface area contributed by atoms with Gasteiger partial charge in [0.05, 0.1) is 6.04 Å². The topological polar surface area (TPSA) is 38.0 Å². The number of rotatable bonds is 4. The Bertz CT molecular complexity index is 593. The van der Waals surface area contributed by atoms with Crippen LogP contribution in [-0.4, -0.2) is 0 Å². The molecule has 4 heteroatoms. The summed E-state index contributed by atoms with van der Waals surface area (Å²) >= 11 is 9.54. The van der Waals surface area contributed by atoms with Crippen molar-refractivity contribution in [3.8, 4) is 0 Å². The Labute approximate surface area is 133 Å². The Kier molecular flexibility index (Phi) is 5.22. The highest BCUT2D eigenvalue weighted by molar-refractivity contribution is 9.10. The first-order valence-corrected chi connectivity index (χ1v) is 7.65. The van der Waals surface area contributed by atoms with Gasteiger partial charge in [0.25, 0.3) is 0 Å². The van der Waals surface area contributed by atoms with Crippen LogP contribution in [0.1, 0.15) is 28.3 Å². The predicted molar refractivity (Wildman–Crippen MR) is 88.8 cm³/mol. The molecule has 2 nitrogen and oxygen atoms in total. The molecule has 0 aliphatic carbocycles. The normalized spacial score (nSPS) is 12.4. The van der Waals surface area contributed by atoms with Crippen molar-refractivity contribution >= 4 is 27.5 Å². The largest absolute Gasteiger partial charge is 0.271 e. The zero-order chi connectivity index (χ0) is 14.7. The van der Waals surface area contributed by atoms with E-state index >= 15 is 0 Å². The van der Waals surface area contributed by atoms with Gasteiger partial charge in [0.1, 0.15) is 0 Å². The molecule has 1 atom stereocenters. The number of hydrogen-bond donors (Lipinski definition) is 2. The molecule has 2 rings (SSSR count). The summed E-state index contributed by atoms with van der Waals surface area (Å²) in [7, 11) is 0. The van der Waals surface area contributed by atoms with Gasteiger partial charge >= 0.3 is 0 Å². The van der Waals surface area contributed by atoms with Crippen LogP contribution in [0.25, 0.3) is 0 Å². The zero-order valence-corrected chi connectivity index (χ0v) is 13.9. The lowest BCUT2D eigenvalue weighted by molar-refractivity contribution is 0.550. The number of aryl methyl sites for hydroxylation is 2. The van der Waals surface area contributed by atoms with E-state index in [2.05, 4.69) is 53.4 Å². The minimum atomic E-state index is 0.0443. The maximum Gasteiger partial charge on any atom is 0.0511 e. The quantitative estimate of drug-likeness (QED) is 0.629. The average molecular weight is 354 g/mol. The molecule has 0 saturated heterocycles. The van der Waals surface area contributed by atoms with Crippen LogP contribution >= 0.6 is 27.5 Å². The number of nitrogens with two attached hydrogens (primary N) is 1. The first-order chi connectivity index (χ1) is 9.49. The summed E-state index contributed by atoms with van der Waals surface area (Å²) in [6, 6.07) is 12.4. The number of nitrogens with one attached hydrogen (secondary N) is 1. The third-order valence-electron chi connectivity index (χ3n) is 3.26. The van der Waals surface area contributed by atoms with Crippen LogP contribution in [0.15, 0.2) is 40.9 Å². The standard InChI is InChI=1S/C16H18BrClN2/c1-10-5-11(2)7-12(6-10)8-16(20-19)14-4-3-13(18)9-15(14)17/h3-7,9,16,20H,8,19H2,1-2H3. The van der Waals surface area contributed by atoms with Crippen LogP contribution in [0.3, 0.4) is 0 Å². The number of benzene rings is 2. The smallest absolute Gasteiger partial charge is 0.0511 e. The highest BCUT2D eigenvalue weighted by Crippen LogP contribution is 2.28. The van der Waals surface area contributed by atoms with E-state index in [0.29, 0.717) is 5.02 Å². The van der Waals surface area contributed by atoms with Gasteiger partial charge in [0.15, 0.2) is 0 Å². The van der Waals surface area contributed by atoms with Gasteiger partial charge in [-0.3, -0.25) is 11.3 Å². The van der Waals surface area contributed by atoms with Crippen LogP contribution in [0.2, 0.25) is 5.02 Å². The molecule has 0 radical (unpaired) electrons. The van der Waals surface area contributed by atoms with Gasteiger partial charge in [-0.15, -0.1) is 0 Å². The summed E-state index contributed by atoms with van der Waals surface area (Å²) < 4.78 is 0.970. The average Bonchev–Trinajstić information content (AvgIpc) is 2.35. The Morgan fingerprint density at radius 3 is 2.35 bits per heavy atom. The molecule has 0 amide bonds. The van der Waals surface area contributed by atoms with Gasteiger partial charge < -0.3 is 0 Å². The van der Waals surface area contributed by atoms with Gasteiger partial charge in [-0.2, -0.15) is 0 Å². The number of halogens is 2. The second-order valence-corrected chi connectivity index (χ2v) is 6.38. The zero-order valence-electron chi connectivity index (χ0n) is 11.6. The van der Waals surface area contributed by atoms with Crippen molar-refractivity contribution in [2.45, 2.75) is 26.3 Å². The fourth-order valence-corrected chi connectivity index (χ4v) is 3.42. The molecule has 0 saturated carbocycles. The van der Waals surface area contributed by atoms with Crippen molar-refractivity contribution in [1.82, 2.24) is 5.43 Å². The fraction of sp³-hybridized carbons (Fsp3) is 0.250. The van der Waals surface area contributed by atoms with Crippen molar-refractivity contribution in [3.05, 3.63) is 68.1 Å². The van der Waals surface area contributed by atoms with Crippen molar-refractivity contribution in [2.24, 2.45) is 5.84 Å². The molecule has 0 heterocycles. The van der Waals surface area contributed by atoms with Gasteiger partial charge in [0, 0.05) is 9.50 Å². The van der Waals surface area contributed by atoms with E-state index in [4.69, 9.17) is 17.4 Å². The Balaban J connectivity index is 2.28. The van der Waals surface area contributed by atoms with Crippen molar-refractivity contribution in [3.63, 3.8) is 0 Å². The molecule has 2 aromatic rings. The Morgan fingerprint density at radius 1 is 1.15 bits per heavy atom. The van der Waals surface area contributed by atoms with Crippen LogP contribution < -0.4 is 11.3 Å². The Hall–Kier alpha value is -0.870. The second-order valence-electron chi connectivity index (χ2n) is 5.09. The van der Waals surface area contributed by atoms with Crippen LogP contribution in [0, 0.1) is 13.8 Å². The second kappa shape index (κ2) is 6.72. The van der Waals surface area contributed by atoms with Crippen LogP contribution in [-0.2, 0) is 6.42 Å². The Morgan fingerprint density at radius 2 is 1.80 bits per heavy atom. The lowest BCUT2D eigenvalue weighted by atomic mass is 9.97. The highest BCUT2D eigenvalue weighted by Gasteiger charge is 2.14. The third-order valence-corrected chi connectivity index (χ3v) is 4.18. The maximum absolute atomic E-state index is 5.98. The molecule has 2 aromatic carbocycles. The summed E-state index contributed by atoms with van der Waals surface area (Å²) in [4.78, 5) is 0. The lowest BCUT2D eigenvalue weighted by Crippen LogP contribution is -2.29. The lowest BCUT2D eigenvalue weighted by Gasteiger charge is -2.19. The molecular formula is C16H18BrClN2. The number of hydrazine groups is 1. The summed E-state index contributed by atoms with van der Waals surface area (Å²) in [6.45, 7) is 4.22. The van der Waals surface area contributed by atoms with Crippen molar-refractivity contribution < 1.29 is 0 Å². The van der Waals surface area contributed by atoms with Gasteiger partial charge in [-0.25, -0.2) is 0 Å². The SMILES string of the molecule is Cc1cc(C)cc(CC(NN)c2ccc(Cl)cc2Br)c1. The van der Waals surface area contributed by atoms with Crippen LogP contribution in [0.5, 0.6) is 0 Å². The summed E-state index contributed by atoms with van der Waals surface area (Å²) in [5.74, 6) is 5.73. The molecule has 0 spiro atoms. The summed E-state index contributed by atoms with van der Waals surface area (Å²) in [5, 5.41) is 0.711. The van der Waals surface area contributed by atoms with Crippen molar-refractivity contribution in [1.29, 1.82) is 0 Å². The molecule has 0 aliphatic heterocycles. The van der Waals surface area contributed by atoms with E-state index in [-0.39, 0.29) is 6.04 Å². The molecule has 3 N–H and O–H groups in total. The monoisotopic (exact) mass is 352 g/mol. The van der Waals surface area contributed by atoms with Crippen LogP contribution in [0.4, 0.5) is 0 Å². The molecule has 106 valence electrons. The summed E-state index contributed by atoms with van der Waals surface area (Å²) in [6.07, 6.45) is 0.833. The molecule has 0 fully saturated rings. The van der Waals surface area contributed by atoms with Gasteiger partial charge in [-0.1, -0.05) is 62.9 Å². The molecule has 0 bridgehead atoms. The van der Waals surface area contributed by atoms with E-state index in [1.807, 2.05) is 18.2 Å². The molecule has 0 aliphatic rings. The van der Waals surface area contributed by atoms with E-state index < -0.39 is 0 Å². The van der Waals surface area contributed by atoms with E-state index in [1.165, 1.54) is 16.7 Å². The molecule has 1 unspecified atom stereocenters. The highest BCUT2D eigenvalue weighted by atomic mass is 79.9. The summed E-state index contributed by atoms with van der Waals surface area (Å²) in [5.41, 5.74) is 7.81. The first kappa shape index (κ1) is 15.5. The fourth-order valence-electron chi connectivity index (χ4n) is 2.47. The van der Waals surface area contributed by atoms with Crippen molar-refractivity contribution in [2.75, 3.05) is 0 Å².